The lowest BCUT2D eigenvalue weighted by Gasteiger charge is -2.11. The Hall–Kier alpha value is -0.130. The van der Waals surface area contributed by atoms with Crippen LogP contribution in [0.15, 0.2) is 0 Å². The summed E-state index contributed by atoms with van der Waals surface area (Å²) in [6, 6.07) is 0.473. The summed E-state index contributed by atoms with van der Waals surface area (Å²) in [5.41, 5.74) is 0. The largest absolute Gasteiger partial charge is 0.315 e. The molecule has 1 aliphatic rings. The van der Waals surface area contributed by atoms with Gasteiger partial charge in [0.25, 0.3) is 0 Å². The molecule has 0 unspecified atom stereocenters. The summed E-state index contributed by atoms with van der Waals surface area (Å²) in [5.74, 6) is 1.01. The van der Waals surface area contributed by atoms with Crippen molar-refractivity contribution in [3.63, 3.8) is 0 Å². The summed E-state index contributed by atoms with van der Waals surface area (Å²) in [4.78, 5) is 0. The zero-order valence-electron chi connectivity index (χ0n) is 12.5. The van der Waals surface area contributed by atoms with E-state index in [0.29, 0.717) is 12.6 Å². The van der Waals surface area contributed by atoms with Crippen LogP contribution in [0.4, 0.5) is 0 Å². The predicted molar refractivity (Wildman–Crippen MR) is 80.7 cm³/mol. The molecule has 0 spiro atoms. The minimum atomic E-state index is -3.05. The lowest BCUT2D eigenvalue weighted by atomic mass is 10.1. The molecule has 0 aromatic heterocycles. The van der Waals surface area contributed by atoms with Gasteiger partial charge in [-0.15, -0.1) is 0 Å². The second kappa shape index (κ2) is 8.93. The molecule has 19 heavy (non-hydrogen) atoms. The van der Waals surface area contributed by atoms with Crippen LogP contribution in [-0.2, 0) is 10.0 Å². The Labute approximate surface area is 118 Å². The van der Waals surface area contributed by atoms with Gasteiger partial charge in [0.15, 0.2) is 0 Å². The summed E-state index contributed by atoms with van der Waals surface area (Å²) in [7, 11) is -3.05. The van der Waals surface area contributed by atoms with Crippen LogP contribution in [0.5, 0.6) is 0 Å². The van der Waals surface area contributed by atoms with Gasteiger partial charge in [0, 0.05) is 12.6 Å². The van der Waals surface area contributed by atoms with Crippen molar-refractivity contribution in [1.29, 1.82) is 0 Å². The highest BCUT2D eigenvalue weighted by Crippen LogP contribution is 2.26. The Morgan fingerprint density at radius 3 is 2.42 bits per heavy atom. The molecule has 0 heterocycles. The van der Waals surface area contributed by atoms with Crippen LogP contribution < -0.4 is 10.0 Å². The number of hydrogen-bond acceptors (Lipinski definition) is 3. The average molecular weight is 290 g/mol. The molecule has 0 radical (unpaired) electrons. The second-order valence-corrected chi connectivity index (χ2v) is 7.89. The van der Waals surface area contributed by atoms with Crippen LogP contribution in [0.1, 0.15) is 58.8 Å². The molecule has 114 valence electrons. The Bertz CT molecular complexity index is 322. The van der Waals surface area contributed by atoms with Gasteiger partial charge in [-0.3, -0.25) is 0 Å². The van der Waals surface area contributed by atoms with Crippen molar-refractivity contribution in [3.8, 4) is 0 Å². The Balaban J connectivity index is 2.03. The quantitative estimate of drug-likeness (QED) is 0.607. The number of rotatable bonds is 10. The van der Waals surface area contributed by atoms with E-state index in [1.165, 1.54) is 25.7 Å². The second-order valence-electron chi connectivity index (χ2n) is 5.97. The lowest BCUT2D eigenvalue weighted by Crippen LogP contribution is -2.29. The van der Waals surface area contributed by atoms with Gasteiger partial charge in [-0.2, -0.15) is 0 Å². The van der Waals surface area contributed by atoms with Crippen molar-refractivity contribution in [3.05, 3.63) is 0 Å². The zero-order chi connectivity index (χ0) is 14.1. The van der Waals surface area contributed by atoms with E-state index < -0.39 is 10.0 Å². The summed E-state index contributed by atoms with van der Waals surface area (Å²) in [5, 5.41) is 3.30. The van der Waals surface area contributed by atoms with E-state index in [2.05, 4.69) is 23.9 Å². The number of hydrogen-bond donors (Lipinski definition) is 2. The van der Waals surface area contributed by atoms with Crippen LogP contribution in [0.3, 0.4) is 0 Å². The average Bonchev–Trinajstić information content (AvgIpc) is 2.80. The van der Waals surface area contributed by atoms with Crippen LogP contribution in [0.25, 0.3) is 0 Å². The lowest BCUT2D eigenvalue weighted by molar-refractivity contribution is 0.495. The first kappa shape index (κ1) is 16.9. The monoisotopic (exact) mass is 290 g/mol. The van der Waals surface area contributed by atoms with Gasteiger partial charge in [-0.1, -0.05) is 39.5 Å². The van der Waals surface area contributed by atoms with E-state index in [-0.39, 0.29) is 5.75 Å². The molecule has 1 aliphatic carbocycles. The zero-order valence-corrected chi connectivity index (χ0v) is 13.3. The minimum Gasteiger partial charge on any atom is -0.315 e. The van der Waals surface area contributed by atoms with Crippen molar-refractivity contribution in [2.24, 2.45) is 5.92 Å². The standard InChI is InChI=1S/C14H30N2O2S/c1-13(2)15-10-5-6-12-19(17,18)16-11-9-14-7-3-4-8-14/h13-16H,3-12H2,1-2H3. The third-order valence-corrected chi connectivity index (χ3v) is 5.21. The topological polar surface area (TPSA) is 58.2 Å². The fourth-order valence-electron chi connectivity index (χ4n) is 2.60. The molecule has 0 saturated heterocycles. The van der Waals surface area contributed by atoms with E-state index in [9.17, 15) is 8.42 Å². The maximum atomic E-state index is 11.8. The van der Waals surface area contributed by atoms with Gasteiger partial charge in [0.1, 0.15) is 0 Å². The minimum absolute atomic E-state index is 0.261. The van der Waals surface area contributed by atoms with Crippen LogP contribution in [0, 0.1) is 5.92 Å². The van der Waals surface area contributed by atoms with Crippen molar-refractivity contribution in [2.75, 3.05) is 18.8 Å². The van der Waals surface area contributed by atoms with Crippen LogP contribution >= 0.6 is 0 Å². The molecule has 0 atom stereocenters. The third kappa shape index (κ3) is 8.60. The summed E-state index contributed by atoms with van der Waals surface area (Å²) >= 11 is 0. The van der Waals surface area contributed by atoms with Gasteiger partial charge in [0.05, 0.1) is 5.75 Å². The molecule has 0 aromatic rings. The molecule has 1 rings (SSSR count). The first-order valence-electron chi connectivity index (χ1n) is 7.70. The van der Waals surface area contributed by atoms with Crippen LogP contribution in [0.2, 0.25) is 0 Å². The first-order chi connectivity index (χ1) is 8.99. The number of nitrogens with one attached hydrogen (secondary N) is 2. The Morgan fingerprint density at radius 1 is 1.11 bits per heavy atom. The highest BCUT2D eigenvalue weighted by Gasteiger charge is 2.16. The summed E-state index contributed by atoms with van der Waals surface area (Å²) < 4.78 is 26.3. The molecular weight excluding hydrogens is 260 g/mol. The van der Waals surface area contributed by atoms with E-state index >= 15 is 0 Å². The normalized spacial score (nSPS) is 17.4. The Kier molecular flexibility index (Phi) is 7.95. The van der Waals surface area contributed by atoms with Crippen molar-refractivity contribution in [1.82, 2.24) is 10.0 Å². The molecule has 0 amide bonds. The highest BCUT2D eigenvalue weighted by molar-refractivity contribution is 7.89. The van der Waals surface area contributed by atoms with Crippen molar-refractivity contribution in [2.45, 2.75) is 64.8 Å². The van der Waals surface area contributed by atoms with Gasteiger partial charge < -0.3 is 5.32 Å². The molecule has 2 N–H and O–H groups in total. The molecule has 1 fully saturated rings. The van der Waals surface area contributed by atoms with Gasteiger partial charge in [-0.05, 0) is 31.7 Å². The SMILES string of the molecule is CC(C)NCCCCS(=O)(=O)NCCC1CCCC1. The van der Waals surface area contributed by atoms with E-state index in [4.69, 9.17) is 0 Å². The molecule has 1 saturated carbocycles. The van der Waals surface area contributed by atoms with E-state index in [0.717, 1.165) is 31.7 Å². The fourth-order valence-corrected chi connectivity index (χ4v) is 3.75. The molecule has 4 nitrogen and oxygen atoms in total. The third-order valence-electron chi connectivity index (χ3n) is 3.74. The van der Waals surface area contributed by atoms with Gasteiger partial charge >= 0.3 is 0 Å². The van der Waals surface area contributed by atoms with Gasteiger partial charge in [0.2, 0.25) is 10.0 Å². The Morgan fingerprint density at radius 2 is 1.79 bits per heavy atom. The molecule has 0 bridgehead atoms. The maximum absolute atomic E-state index is 11.8. The smallest absolute Gasteiger partial charge is 0.211 e. The maximum Gasteiger partial charge on any atom is 0.211 e. The summed E-state index contributed by atoms with van der Waals surface area (Å²) in [6.07, 6.45) is 7.86. The number of sulfonamides is 1. The molecule has 0 aliphatic heterocycles. The highest BCUT2D eigenvalue weighted by atomic mass is 32.2. The predicted octanol–water partition coefficient (Wildman–Crippen LogP) is 2.26. The summed E-state index contributed by atoms with van der Waals surface area (Å²) in [6.45, 7) is 5.72. The first-order valence-corrected chi connectivity index (χ1v) is 9.35. The van der Waals surface area contributed by atoms with Crippen molar-refractivity contribution < 1.29 is 8.42 Å². The van der Waals surface area contributed by atoms with Crippen molar-refractivity contribution >= 4 is 10.0 Å². The van der Waals surface area contributed by atoms with E-state index in [1.54, 1.807) is 0 Å². The molecular formula is C14H30N2O2S. The van der Waals surface area contributed by atoms with E-state index in [1.807, 2.05) is 0 Å². The number of unbranched alkanes of at least 4 members (excludes halogenated alkanes) is 1. The molecule has 5 heteroatoms. The fraction of sp³-hybridized carbons (Fsp3) is 1.00. The van der Waals surface area contributed by atoms with Gasteiger partial charge in [-0.25, -0.2) is 13.1 Å². The van der Waals surface area contributed by atoms with Crippen LogP contribution in [-0.4, -0.2) is 33.3 Å². The molecule has 0 aromatic carbocycles.